The molecule has 1 aliphatic rings. The third-order valence-electron chi connectivity index (χ3n) is 4.57. The van der Waals surface area contributed by atoms with Crippen LogP contribution in [0.15, 0.2) is 53.5 Å². The molecule has 1 aliphatic heterocycles. The van der Waals surface area contributed by atoms with Gasteiger partial charge in [0.25, 0.3) is 0 Å². The number of benzene rings is 2. The Bertz CT molecular complexity index is 831. The van der Waals surface area contributed by atoms with Gasteiger partial charge in [-0.3, -0.25) is 4.79 Å². The van der Waals surface area contributed by atoms with Gasteiger partial charge in [-0.2, -0.15) is 0 Å². The number of aliphatic imine (C=N–C) groups is 1. The summed E-state index contributed by atoms with van der Waals surface area (Å²) < 4.78 is 5.64. The monoisotopic (exact) mass is 380 g/mol. The van der Waals surface area contributed by atoms with Crippen LogP contribution in [0.5, 0.6) is 5.75 Å². The number of anilines is 1. The average Bonchev–Trinajstić information content (AvgIpc) is 3.07. The average molecular weight is 380 g/mol. The molecule has 6 heteroatoms. The van der Waals surface area contributed by atoms with Gasteiger partial charge in [0, 0.05) is 25.2 Å². The van der Waals surface area contributed by atoms with Gasteiger partial charge in [-0.1, -0.05) is 24.3 Å². The number of carbonyl (C=O) groups is 1. The Morgan fingerprint density at radius 2 is 1.89 bits per heavy atom. The normalized spacial score (nSPS) is 14.6. The zero-order chi connectivity index (χ0) is 19.9. The summed E-state index contributed by atoms with van der Waals surface area (Å²) in [6.45, 7) is 5.92. The van der Waals surface area contributed by atoms with Crippen molar-refractivity contribution in [3.63, 3.8) is 0 Å². The lowest BCUT2D eigenvalue weighted by atomic mass is 10.1. The van der Waals surface area contributed by atoms with Crippen LogP contribution in [-0.4, -0.2) is 29.4 Å². The minimum atomic E-state index is 0.140. The fourth-order valence-electron chi connectivity index (χ4n) is 3.19. The Morgan fingerprint density at radius 3 is 2.54 bits per heavy atom. The van der Waals surface area contributed by atoms with Crippen LogP contribution in [-0.2, 0) is 17.9 Å². The maximum Gasteiger partial charge on any atom is 0.222 e. The molecule has 0 spiro atoms. The molecule has 0 atom stereocenters. The van der Waals surface area contributed by atoms with E-state index in [-0.39, 0.29) is 12.0 Å². The first kappa shape index (κ1) is 19.7. The van der Waals surface area contributed by atoms with Crippen LogP contribution in [0.1, 0.15) is 37.8 Å². The number of hydrogen-bond donors (Lipinski definition) is 2. The molecule has 3 N–H and O–H groups in total. The van der Waals surface area contributed by atoms with Gasteiger partial charge in [-0.15, -0.1) is 0 Å². The highest BCUT2D eigenvalue weighted by Crippen LogP contribution is 2.19. The number of likely N-dealkylation sites (tertiary alicyclic amines) is 1. The highest BCUT2D eigenvalue weighted by molar-refractivity contribution is 5.92. The van der Waals surface area contributed by atoms with E-state index >= 15 is 0 Å². The Labute approximate surface area is 166 Å². The van der Waals surface area contributed by atoms with E-state index in [0.717, 1.165) is 35.5 Å². The lowest BCUT2D eigenvalue weighted by Crippen LogP contribution is -2.25. The van der Waals surface area contributed by atoms with Gasteiger partial charge in [-0.05, 0) is 55.7 Å². The van der Waals surface area contributed by atoms with Gasteiger partial charge >= 0.3 is 0 Å². The van der Waals surface area contributed by atoms with Gasteiger partial charge < -0.3 is 20.7 Å². The van der Waals surface area contributed by atoms with Crippen LogP contribution < -0.4 is 15.8 Å². The zero-order valence-corrected chi connectivity index (χ0v) is 16.5. The van der Waals surface area contributed by atoms with Crippen molar-refractivity contribution in [2.45, 2.75) is 45.9 Å². The molecule has 0 unspecified atom stereocenters. The number of guanidine groups is 1. The van der Waals surface area contributed by atoms with Crippen LogP contribution in [0.25, 0.3) is 0 Å². The molecule has 28 heavy (non-hydrogen) atoms. The number of amides is 1. The molecule has 1 fully saturated rings. The number of hydrogen-bond acceptors (Lipinski definition) is 3. The molecule has 0 aliphatic carbocycles. The van der Waals surface area contributed by atoms with E-state index in [2.05, 4.69) is 10.3 Å². The first-order chi connectivity index (χ1) is 13.5. The van der Waals surface area contributed by atoms with Gasteiger partial charge in [0.2, 0.25) is 5.91 Å². The second-order valence-corrected chi connectivity index (χ2v) is 7.21. The van der Waals surface area contributed by atoms with Crippen molar-refractivity contribution in [2.75, 3.05) is 11.9 Å². The summed E-state index contributed by atoms with van der Waals surface area (Å²) in [6, 6.07) is 15.7. The summed E-state index contributed by atoms with van der Waals surface area (Å²) in [6.07, 6.45) is 1.73. The molecule has 2 aromatic carbocycles. The number of nitrogens with zero attached hydrogens (tertiary/aromatic N) is 2. The molecule has 1 amide bonds. The maximum atomic E-state index is 11.9. The van der Waals surface area contributed by atoms with Crippen LogP contribution in [0.4, 0.5) is 5.69 Å². The molecule has 1 saturated heterocycles. The third kappa shape index (κ3) is 5.49. The first-order valence-corrected chi connectivity index (χ1v) is 9.69. The highest BCUT2D eigenvalue weighted by atomic mass is 16.5. The van der Waals surface area contributed by atoms with Crippen molar-refractivity contribution in [3.05, 3.63) is 59.7 Å². The van der Waals surface area contributed by atoms with E-state index in [9.17, 15) is 4.79 Å². The van der Waals surface area contributed by atoms with Crippen molar-refractivity contribution >= 4 is 17.6 Å². The van der Waals surface area contributed by atoms with E-state index < -0.39 is 0 Å². The topological polar surface area (TPSA) is 80.0 Å². The predicted octanol–water partition coefficient (Wildman–Crippen LogP) is 3.52. The molecule has 1 heterocycles. The Morgan fingerprint density at radius 1 is 1.18 bits per heavy atom. The molecule has 0 aromatic heterocycles. The zero-order valence-electron chi connectivity index (χ0n) is 16.5. The van der Waals surface area contributed by atoms with Crippen LogP contribution in [0, 0.1) is 0 Å². The molecular weight excluding hydrogens is 352 g/mol. The van der Waals surface area contributed by atoms with E-state index in [1.807, 2.05) is 67.3 Å². The molecule has 6 nitrogen and oxygen atoms in total. The van der Waals surface area contributed by atoms with Crippen molar-refractivity contribution in [1.29, 1.82) is 0 Å². The summed E-state index contributed by atoms with van der Waals surface area (Å²) in [5, 5.41) is 3.10. The fraction of sp³-hybridized carbons (Fsp3) is 0.364. The summed E-state index contributed by atoms with van der Waals surface area (Å²) in [5.41, 5.74) is 9.10. The lowest BCUT2D eigenvalue weighted by molar-refractivity contribution is -0.128. The van der Waals surface area contributed by atoms with Gasteiger partial charge in [0.1, 0.15) is 5.75 Å². The molecule has 2 aromatic rings. The number of rotatable bonds is 7. The highest BCUT2D eigenvalue weighted by Gasteiger charge is 2.20. The smallest absolute Gasteiger partial charge is 0.222 e. The van der Waals surface area contributed by atoms with E-state index in [4.69, 9.17) is 10.5 Å². The van der Waals surface area contributed by atoms with Crippen LogP contribution in [0.3, 0.4) is 0 Å². The number of nitrogens with two attached hydrogens (primary N) is 1. The Balaban J connectivity index is 1.61. The standard InChI is InChI=1S/C22H28N4O2/c1-16(2)28-20-11-9-19(10-12-20)25-22(23)24-14-17-6-3-4-7-18(17)15-26-13-5-8-21(26)27/h3-4,6-7,9-12,16H,5,8,13-15H2,1-2H3,(H3,23,24,25). The predicted molar refractivity (Wildman–Crippen MR) is 112 cm³/mol. The number of carbonyl (C=O) groups excluding carboxylic acids is 1. The molecule has 3 rings (SSSR count). The van der Waals surface area contributed by atoms with Crippen molar-refractivity contribution in [2.24, 2.45) is 10.7 Å². The number of ether oxygens (including phenoxy) is 1. The van der Waals surface area contributed by atoms with Gasteiger partial charge in [0.05, 0.1) is 12.6 Å². The van der Waals surface area contributed by atoms with Crippen molar-refractivity contribution in [1.82, 2.24) is 4.90 Å². The SMILES string of the molecule is CC(C)Oc1ccc(NC(N)=NCc2ccccc2CN2CCCC2=O)cc1. The van der Waals surface area contributed by atoms with E-state index in [1.54, 1.807) is 0 Å². The minimum absolute atomic E-state index is 0.140. The maximum absolute atomic E-state index is 11.9. The molecule has 0 radical (unpaired) electrons. The largest absolute Gasteiger partial charge is 0.491 e. The second kappa shape index (κ2) is 9.26. The fourth-order valence-corrected chi connectivity index (χ4v) is 3.19. The third-order valence-corrected chi connectivity index (χ3v) is 4.57. The first-order valence-electron chi connectivity index (χ1n) is 9.69. The van der Waals surface area contributed by atoms with E-state index in [0.29, 0.717) is 25.5 Å². The van der Waals surface area contributed by atoms with Crippen molar-refractivity contribution < 1.29 is 9.53 Å². The van der Waals surface area contributed by atoms with Crippen LogP contribution in [0.2, 0.25) is 0 Å². The molecular formula is C22H28N4O2. The molecule has 0 saturated carbocycles. The van der Waals surface area contributed by atoms with E-state index in [1.165, 1.54) is 0 Å². The van der Waals surface area contributed by atoms with Gasteiger partial charge in [-0.25, -0.2) is 4.99 Å². The van der Waals surface area contributed by atoms with Crippen LogP contribution >= 0.6 is 0 Å². The Hall–Kier alpha value is -3.02. The van der Waals surface area contributed by atoms with Crippen molar-refractivity contribution in [3.8, 4) is 5.75 Å². The van der Waals surface area contributed by atoms with Gasteiger partial charge in [0.15, 0.2) is 5.96 Å². The second-order valence-electron chi connectivity index (χ2n) is 7.21. The number of nitrogens with one attached hydrogen (secondary N) is 1. The Kier molecular flexibility index (Phi) is 6.53. The molecule has 0 bridgehead atoms. The summed E-state index contributed by atoms with van der Waals surface area (Å²) in [7, 11) is 0. The quantitative estimate of drug-likeness (QED) is 0.569. The minimum Gasteiger partial charge on any atom is -0.491 e. The summed E-state index contributed by atoms with van der Waals surface area (Å²) >= 11 is 0. The summed E-state index contributed by atoms with van der Waals surface area (Å²) in [5.74, 6) is 1.40. The summed E-state index contributed by atoms with van der Waals surface area (Å²) in [4.78, 5) is 18.3. The molecule has 148 valence electrons. The lowest BCUT2D eigenvalue weighted by Gasteiger charge is -2.17.